The van der Waals surface area contributed by atoms with Crippen LogP contribution in [0.2, 0.25) is 0 Å². The molecule has 0 aliphatic heterocycles. The lowest BCUT2D eigenvalue weighted by molar-refractivity contribution is -0.143. The Kier molecular flexibility index (Phi) is 9.28. The molecule has 4 rings (SSSR count). The van der Waals surface area contributed by atoms with Crippen LogP contribution in [0.1, 0.15) is 88.7 Å². The molecule has 4 nitrogen and oxygen atoms in total. The molecule has 0 amide bonds. The minimum atomic E-state index is -0.0951. The second-order valence-corrected chi connectivity index (χ2v) is 9.97. The minimum absolute atomic E-state index is 0.0951. The Bertz CT molecular complexity index is 950. The van der Waals surface area contributed by atoms with E-state index >= 15 is 0 Å². The second-order valence-electron chi connectivity index (χ2n) is 9.97. The van der Waals surface area contributed by atoms with Gasteiger partial charge in [0.2, 0.25) is 0 Å². The van der Waals surface area contributed by atoms with Crippen molar-refractivity contribution < 1.29 is 19.4 Å². The number of allylic oxidation sites excluding steroid dienone is 1. The maximum atomic E-state index is 11.4. The molecule has 2 aromatic carbocycles. The van der Waals surface area contributed by atoms with Gasteiger partial charge in [0, 0.05) is 6.42 Å². The minimum Gasteiger partial charge on any atom is -0.508 e. The van der Waals surface area contributed by atoms with E-state index in [1.807, 2.05) is 6.92 Å². The Morgan fingerprint density at radius 2 is 1.40 bits per heavy atom. The van der Waals surface area contributed by atoms with Crippen molar-refractivity contribution in [2.45, 2.75) is 77.6 Å². The lowest BCUT2D eigenvalue weighted by Crippen LogP contribution is -2.25. The summed E-state index contributed by atoms with van der Waals surface area (Å²) in [6.45, 7) is 2.99. The standard InChI is InChI=1S/C31H40O4/c1-2-34-29(33)13-5-3-4-6-22-35-28-20-16-26(17-21-28)31(25-14-18-27(32)19-15-25)30-23-9-7-10-24(30)12-8-11-23/h14-21,23-24,32H,2-13,22H2,1H3. The number of aromatic hydroxyl groups is 1. The number of benzene rings is 2. The highest BCUT2D eigenvalue weighted by Crippen LogP contribution is 2.48. The third kappa shape index (κ3) is 6.90. The Labute approximate surface area is 210 Å². The number of hydrogen-bond donors (Lipinski definition) is 1. The quantitative estimate of drug-likeness (QED) is 0.267. The summed E-state index contributed by atoms with van der Waals surface area (Å²) in [4.78, 5) is 11.4. The Balaban J connectivity index is 1.39. The summed E-state index contributed by atoms with van der Waals surface area (Å²) in [7, 11) is 0. The van der Waals surface area contributed by atoms with Crippen LogP contribution in [0.15, 0.2) is 54.1 Å². The van der Waals surface area contributed by atoms with E-state index in [0.29, 0.717) is 37.2 Å². The molecule has 2 fully saturated rings. The molecule has 0 atom stereocenters. The SMILES string of the molecule is CCOC(=O)CCCCCCOc1ccc(C(=C2C3CCCC2CCC3)c2ccc(O)cc2)cc1. The number of unbranched alkanes of at least 4 members (excludes halogenated alkanes) is 3. The van der Waals surface area contributed by atoms with E-state index in [0.717, 1.165) is 31.4 Å². The van der Waals surface area contributed by atoms with Gasteiger partial charge >= 0.3 is 5.97 Å². The molecule has 0 spiro atoms. The van der Waals surface area contributed by atoms with Crippen molar-refractivity contribution in [3.8, 4) is 11.5 Å². The van der Waals surface area contributed by atoms with Crippen molar-refractivity contribution in [1.82, 2.24) is 0 Å². The smallest absolute Gasteiger partial charge is 0.305 e. The topological polar surface area (TPSA) is 55.8 Å². The van der Waals surface area contributed by atoms with Crippen LogP contribution in [0.5, 0.6) is 11.5 Å². The Hall–Kier alpha value is -2.75. The molecule has 2 saturated carbocycles. The van der Waals surface area contributed by atoms with E-state index in [9.17, 15) is 9.90 Å². The van der Waals surface area contributed by atoms with Gasteiger partial charge in [0.05, 0.1) is 13.2 Å². The van der Waals surface area contributed by atoms with Crippen LogP contribution in [0, 0.1) is 11.8 Å². The van der Waals surface area contributed by atoms with E-state index in [4.69, 9.17) is 9.47 Å². The van der Waals surface area contributed by atoms with Gasteiger partial charge in [-0.3, -0.25) is 4.79 Å². The van der Waals surface area contributed by atoms with E-state index in [-0.39, 0.29) is 5.97 Å². The summed E-state index contributed by atoms with van der Waals surface area (Å²) >= 11 is 0. The van der Waals surface area contributed by atoms with E-state index in [1.165, 1.54) is 55.2 Å². The zero-order chi connectivity index (χ0) is 24.5. The van der Waals surface area contributed by atoms with E-state index < -0.39 is 0 Å². The summed E-state index contributed by atoms with van der Waals surface area (Å²) in [5.41, 5.74) is 5.46. The predicted molar refractivity (Wildman–Crippen MR) is 140 cm³/mol. The van der Waals surface area contributed by atoms with Gasteiger partial charge in [-0.15, -0.1) is 0 Å². The number of phenolic OH excluding ortho intramolecular Hbond substituents is 1. The lowest BCUT2D eigenvalue weighted by atomic mass is 9.65. The summed E-state index contributed by atoms with van der Waals surface area (Å²) in [6, 6.07) is 16.3. The monoisotopic (exact) mass is 476 g/mol. The summed E-state index contributed by atoms with van der Waals surface area (Å²) in [5.74, 6) is 2.49. The third-order valence-corrected chi connectivity index (χ3v) is 7.53. The van der Waals surface area contributed by atoms with Crippen molar-refractivity contribution in [3.05, 3.63) is 65.2 Å². The fourth-order valence-electron chi connectivity index (χ4n) is 5.87. The number of rotatable bonds is 11. The van der Waals surface area contributed by atoms with Crippen LogP contribution < -0.4 is 4.74 Å². The number of hydrogen-bond acceptors (Lipinski definition) is 4. The maximum absolute atomic E-state index is 11.4. The molecule has 0 unspecified atom stereocenters. The van der Waals surface area contributed by atoms with Gasteiger partial charge < -0.3 is 14.6 Å². The first-order valence-corrected chi connectivity index (χ1v) is 13.6. The van der Waals surface area contributed by atoms with Gasteiger partial charge in [-0.1, -0.05) is 55.5 Å². The number of carbonyl (C=O) groups excluding carboxylic acids is 1. The summed E-state index contributed by atoms with van der Waals surface area (Å²) < 4.78 is 11.0. The van der Waals surface area contributed by atoms with Gasteiger partial charge in [-0.25, -0.2) is 0 Å². The number of fused-ring (bicyclic) bond motifs is 2. The van der Waals surface area contributed by atoms with Crippen molar-refractivity contribution in [2.75, 3.05) is 13.2 Å². The molecule has 0 heterocycles. The van der Waals surface area contributed by atoms with Crippen LogP contribution in [-0.4, -0.2) is 24.3 Å². The van der Waals surface area contributed by atoms with Crippen molar-refractivity contribution >= 4 is 11.5 Å². The summed E-state index contributed by atoms with van der Waals surface area (Å²) in [6.07, 6.45) is 12.3. The van der Waals surface area contributed by atoms with Gasteiger partial charge in [-0.05, 0) is 98.2 Å². The molecule has 35 heavy (non-hydrogen) atoms. The van der Waals surface area contributed by atoms with Gasteiger partial charge in [-0.2, -0.15) is 0 Å². The molecule has 2 aromatic rings. The molecule has 0 radical (unpaired) electrons. The van der Waals surface area contributed by atoms with Crippen molar-refractivity contribution in [2.24, 2.45) is 11.8 Å². The molecule has 2 bridgehead atoms. The molecule has 188 valence electrons. The average molecular weight is 477 g/mol. The highest BCUT2D eigenvalue weighted by molar-refractivity contribution is 5.83. The van der Waals surface area contributed by atoms with Crippen LogP contribution in [0.3, 0.4) is 0 Å². The first-order valence-electron chi connectivity index (χ1n) is 13.6. The third-order valence-electron chi connectivity index (χ3n) is 7.53. The summed E-state index contributed by atoms with van der Waals surface area (Å²) in [5, 5.41) is 9.86. The molecule has 0 saturated heterocycles. The van der Waals surface area contributed by atoms with Crippen LogP contribution in [-0.2, 0) is 9.53 Å². The highest BCUT2D eigenvalue weighted by atomic mass is 16.5. The maximum Gasteiger partial charge on any atom is 0.305 e. The molecular formula is C31H40O4. The van der Waals surface area contributed by atoms with E-state index in [1.54, 1.807) is 17.7 Å². The normalized spacial score (nSPS) is 19.3. The van der Waals surface area contributed by atoms with Crippen LogP contribution >= 0.6 is 0 Å². The number of esters is 1. The number of carbonyl (C=O) groups is 1. The van der Waals surface area contributed by atoms with Gasteiger partial charge in [0.15, 0.2) is 0 Å². The molecule has 4 heteroatoms. The predicted octanol–water partition coefficient (Wildman–Crippen LogP) is 7.69. The fraction of sp³-hybridized carbons (Fsp3) is 0.516. The van der Waals surface area contributed by atoms with Crippen LogP contribution in [0.25, 0.3) is 5.57 Å². The molecule has 2 aliphatic rings. The molecule has 1 N–H and O–H groups in total. The van der Waals surface area contributed by atoms with Gasteiger partial charge in [0.1, 0.15) is 11.5 Å². The largest absolute Gasteiger partial charge is 0.508 e. The number of phenols is 1. The van der Waals surface area contributed by atoms with E-state index in [2.05, 4.69) is 36.4 Å². The fourth-order valence-corrected chi connectivity index (χ4v) is 5.87. The zero-order valence-electron chi connectivity index (χ0n) is 21.1. The molecule has 0 aromatic heterocycles. The van der Waals surface area contributed by atoms with Crippen LogP contribution in [0.4, 0.5) is 0 Å². The Morgan fingerprint density at radius 3 is 2.00 bits per heavy atom. The zero-order valence-corrected chi connectivity index (χ0v) is 21.1. The first-order chi connectivity index (χ1) is 17.2. The average Bonchev–Trinajstić information content (AvgIpc) is 2.86. The van der Waals surface area contributed by atoms with Gasteiger partial charge in [0.25, 0.3) is 0 Å². The lowest BCUT2D eigenvalue weighted by Gasteiger charge is -2.39. The Morgan fingerprint density at radius 1 is 0.829 bits per heavy atom. The first kappa shape index (κ1) is 25.3. The van der Waals surface area contributed by atoms with Crippen molar-refractivity contribution in [3.63, 3.8) is 0 Å². The van der Waals surface area contributed by atoms with Crippen molar-refractivity contribution in [1.29, 1.82) is 0 Å². The number of ether oxygens (including phenoxy) is 2. The second kappa shape index (κ2) is 12.8. The highest BCUT2D eigenvalue weighted by Gasteiger charge is 2.33. The molecule has 2 aliphatic carbocycles. The molecular weight excluding hydrogens is 436 g/mol.